The third kappa shape index (κ3) is 8.69. The highest BCUT2D eigenvalue weighted by atomic mass is 20.0. The van der Waals surface area contributed by atoms with Crippen LogP contribution in [0, 0.1) is 12.7 Å². The second kappa shape index (κ2) is 18.8. The molecule has 5 heterocycles. The number of nitrogens with one attached hydrogen (secondary N) is 1. The van der Waals surface area contributed by atoms with Crippen LogP contribution in [0.3, 0.4) is 0 Å². The Balaban J connectivity index is 0.00000210. The van der Waals surface area contributed by atoms with Crippen molar-refractivity contribution in [2.45, 2.75) is 32.4 Å². The number of benzene rings is 2. The number of aromatic nitrogens is 4. The van der Waals surface area contributed by atoms with Crippen LogP contribution in [0.4, 0.5) is 23.9 Å². The number of hydrogen-bond donors (Lipinski definition) is 1. The third-order valence-corrected chi connectivity index (χ3v) is 10.1. The molecule has 2 saturated heterocycles. The fraction of sp³-hybridized carbons (Fsp3) is 0.359. The van der Waals surface area contributed by atoms with Crippen molar-refractivity contribution in [1.29, 1.82) is 0 Å². The number of morpholine rings is 2. The molecule has 0 spiro atoms. The molecule has 0 saturated carbocycles. The van der Waals surface area contributed by atoms with Gasteiger partial charge in [0, 0.05) is 71.8 Å². The van der Waals surface area contributed by atoms with E-state index < -0.39 is 47.5 Å². The lowest BCUT2D eigenvalue weighted by atomic mass is 9.99. The fourth-order valence-corrected chi connectivity index (χ4v) is 7.15. The molecular weight excluding hydrogens is 770 g/mol. The van der Waals surface area contributed by atoms with Gasteiger partial charge >= 0.3 is 11.7 Å². The van der Waals surface area contributed by atoms with E-state index in [4.69, 9.17) is 23.4 Å². The molecule has 19 heteroatoms. The molecule has 1 N–H and O–H groups in total. The summed E-state index contributed by atoms with van der Waals surface area (Å²) in [6.07, 6.45) is 4.25. The van der Waals surface area contributed by atoms with Gasteiger partial charge in [0.05, 0.1) is 60.3 Å². The summed E-state index contributed by atoms with van der Waals surface area (Å²) in [4.78, 5) is 79.9. The molecule has 2 aliphatic heterocycles. The lowest BCUT2D eigenvalue weighted by molar-refractivity contribution is -0.155. The predicted octanol–water partition coefficient (Wildman–Crippen LogP) is 3.04. The van der Waals surface area contributed by atoms with Crippen LogP contribution >= 0.6 is 0 Å². The highest BCUT2D eigenvalue weighted by Gasteiger charge is 2.30. The number of fused-ring (bicyclic) bond motifs is 2. The average molecular weight is 812 g/mol. The number of rotatable bonds is 9. The first-order chi connectivity index (χ1) is 27.5. The van der Waals surface area contributed by atoms with E-state index in [1.165, 1.54) is 47.2 Å². The Kier molecular flexibility index (Phi) is 13.9. The van der Waals surface area contributed by atoms with E-state index in [1.807, 2.05) is 11.8 Å². The molecule has 0 radical (unpaired) electrons. The monoisotopic (exact) mass is 811 g/mol. The number of carbonyl (C=O) groups excluding carboxylic acids is 3. The summed E-state index contributed by atoms with van der Waals surface area (Å²) in [6, 6.07) is 9.70. The summed E-state index contributed by atoms with van der Waals surface area (Å²) in [5, 5.41) is 3.42. The molecule has 15 nitrogen and oxygen atoms in total. The first-order valence-corrected chi connectivity index (χ1v) is 18.1. The second-order valence-electron chi connectivity index (χ2n) is 13.6. The van der Waals surface area contributed by atoms with Crippen molar-refractivity contribution in [2.24, 2.45) is 7.05 Å². The number of ether oxygens (including phenoxy) is 3. The Hall–Kier alpha value is -6.21. The van der Waals surface area contributed by atoms with E-state index in [2.05, 4.69) is 15.3 Å². The number of nitrogens with zero attached hydrogens (tertiary/aromatic N) is 6. The topological polar surface area (TPSA) is 167 Å². The van der Waals surface area contributed by atoms with E-state index in [1.54, 1.807) is 37.3 Å². The first-order valence-electron chi connectivity index (χ1n) is 18.1. The number of aryl methyl sites for hydroxylation is 2. The Morgan fingerprint density at radius 1 is 1.00 bits per heavy atom. The zero-order valence-electron chi connectivity index (χ0n) is 31.8. The van der Waals surface area contributed by atoms with Crippen molar-refractivity contribution in [2.75, 3.05) is 57.6 Å². The number of anilines is 1. The van der Waals surface area contributed by atoms with Crippen LogP contribution in [0.2, 0.25) is 0 Å². The van der Waals surface area contributed by atoms with E-state index >= 15 is 4.39 Å². The summed E-state index contributed by atoms with van der Waals surface area (Å²) < 4.78 is 50.5. The number of halogens is 4. The molecule has 3 aromatic heterocycles. The van der Waals surface area contributed by atoms with Gasteiger partial charge in [-0.05, 0) is 55.3 Å². The number of carbonyl (C=O) groups is 3. The lowest BCUT2D eigenvalue weighted by Gasteiger charge is -2.35. The summed E-state index contributed by atoms with van der Waals surface area (Å²) in [5.74, 6) is -2.95. The standard InChI is InChI=1S/C39H40FN7O8.F2.FH/c1-23-17-26(46-13-16-54-21-24(46)2)19-29(40)34(23)36(49)43-30(38(51)55-22-33(48)45-11-14-53-15-12-45)18-25-6-7-31(35-27(25)5-4-9-42-35)47-37(50)28-8-10-41-20-32(28)44(3)39(47)52;1-2;/h4-10,17,19-20,24,30H,11-16,18,21-22H2,1-3H3,(H,43,49);;1H/t24-,30-;;/m0../s1. The van der Waals surface area contributed by atoms with Crippen molar-refractivity contribution < 1.29 is 46.8 Å². The smallest absolute Gasteiger partial charge is 0.335 e. The maximum absolute atomic E-state index is 15.8. The van der Waals surface area contributed by atoms with Crippen LogP contribution in [0.5, 0.6) is 0 Å². The average Bonchev–Trinajstić information content (AvgIpc) is 3.23. The SMILES string of the molecule is Cc1cc(N2CCOC[C@@H]2C)cc(F)c1C(=O)N[C@@H](Cc1ccc(-n2c(=O)c3ccncc3n(C)c2=O)c2ncccc12)C(=O)OCC(=O)N1CCOCC1.F.FF. The summed E-state index contributed by atoms with van der Waals surface area (Å²) >= 11 is 0. The normalized spacial score (nSPS) is 15.9. The number of pyridine rings is 2. The van der Waals surface area contributed by atoms with Crippen molar-refractivity contribution in [3.63, 3.8) is 0 Å². The molecule has 2 atom stereocenters. The predicted molar refractivity (Wildman–Crippen MR) is 205 cm³/mol. The second-order valence-corrected chi connectivity index (χ2v) is 13.6. The van der Waals surface area contributed by atoms with Crippen LogP contribution in [0.1, 0.15) is 28.4 Å². The molecular formula is C39H41F4N7O8. The molecule has 5 aromatic rings. The molecule has 2 aliphatic rings. The highest BCUT2D eigenvalue weighted by molar-refractivity contribution is 5.99. The van der Waals surface area contributed by atoms with Gasteiger partial charge in [0.25, 0.3) is 17.4 Å². The Labute approximate surface area is 328 Å². The van der Waals surface area contributed by atoms with Crippen molar-refractivity contribution >= 4 is 45.3 Å². The fourth-order valence-electron chi connectivity index (χ4n) is 7.15. The van der Waals surface area contributed by atoms with Gasteiger partial charge in [0.15, 0.2) is 6.61 Å². The summed E-state index contributed by atoms with van der Waals surface area (Å²) in [5.41, 5.74) is 0.893. The van der Waals surface area contributed by atoms with E-state index in [0.29, 0.717) is 73.8 Å². The zero-order chi connectivity index (χ0) is 40.8. The van der Waals surface area contributed by atoms with Crippen molar-refractivity contribution in [1.82, 2.24) is 29.3 Å². The van der Waals surface area contributed by atoms with Crippen LogP contribution in [-0.4, -0.2) is 107 Å². The lowest BCUT2D eigenvalue weighted by Crippen LogP contribution is -2.46. The van der Waals surface area contributed by atoms with E-state index in [0.717, 1.165) is 4.57 Å². The third-order valence-electron chi connectivity index (χ3n) is 10.1. The van der Waals surface area contributed by atoms with Crippen LogP contribution in [0.25, 0.3) is 27.5 Å². The van der Waals surface area contributed by atoms with Gasteiger partial charge in [-0.15, -0.1) is 0 Å². The highest BCUT2D eigenvalue weighted by Crippen LogP contribution is 2.27. The molecule has 0 bridgehead atoms. The molecule has 2 amide bonds. The van der Waals surface area contributed by atoms with E-state index in [-0.39, 0.29) is 39.3 Å². The van der Waals surface area contributed by atoms with Crippen LogP contribution < -0.4 is 21.5 Å². The van der Waals surface area contributed by atoms with Gasteiger partial charge in [-0.25, -0.2) is 18.5 Å². The Morgan fingerprint density at radius 2 is 1.74 bits per heavy atom. The van der Waals surface area contributed by atoms with Gasteiger partial charge in [-0.2, -0.15) is 0 Å². The van der Waals surface area contributed by atoms with Crippen LogP contribution in [0.15, 0.2) is 70.6 Å². The molecule has 0 aliphatic carbocycles. The largest absolute Gasteiger partial charge is 0.454 e. The molecule has 0 unspecified atom stereocenters. The zero-order valence-corrected chi connectivity index (χ0v) is 31.8. The number of esters is 1. The van der Waals surface area contributed by atoms with E-state index in [9.17, 15) is 24.0 Å². The molecule has 58 heavy (non-hydrogen) atoms. The quantitative estimate of drug-likeness (QED) is 0.172. The summed E-state index contributed by atoms with van der Waals surface area (Å²) in [7, 11) is 1.54. The minimum absolute atomic E-state index is 0. The Morgan fingerprint density at radius 3 is 2.47 bits per heavy atom. The van der Waals surface area contributed by atoms with Gasteiger partial charge in [-0.1, -0.05) is 12.1 Å². The van der Waals surface area contributed by atoms with Gasteiger partial charge < -0.3 is 29.3 Å². The summed E-state index contributed by atoms with van der Waals surface area (Å²) in [6.45, 7) is 5.96. The van der Waals surface area contributed by atoms with Crippen molar-refractivity contribution in [3.8, 4) is 5.69 Å². The first kappa shape index (κ1) is 42.9. The molecule has 2 fully saturated rings. The van der Waals surface area contributed by atoms with Gasteiger partial charge in [0.2, 0.25) is 0 Å². The maximum atomic E-state index is 15.8. The Bertz CT molecular complexity index is 2420. The maximum Gasteiger partial charge on any atom is 0.335 e. The van der Waals surface area contributed by atoms with Crippen LogP contribution in [-0.2, 0) is 37.3 Å². The van der Waals surface area contributed by atoms with Crippen molar-refractivity contribution in [3.05, 3.63) is 104 Å². The minimum Gasteiger partial charge on any atom is -0.454 e. The number of hydrogen-bond acceptors (Lipinski definition) is 11. The van der Waals surface area contributed by atoms with Gasteiger partial charge in [0.1, 0.15) is 11.9 Å². The number of amides is 2. The molecule has 7 rings (SSSR count). The molecule has 308 valence electrons. The molecule has 2 aromatic carbocycles. The van der Waals surface area contributed by atoms with Gasteiger partial charge in [-0.3, -0.25) is 33.6 Å². The minimum atomic E-state index is -1.39.